The van der Waals surface area contributed by atoms with Crippen molar-refractivity contribution in [3.8, 4) is 5.75 Å². The molecule has 3 N–H and O–H groups in total. The molecule has 0 bridgehead atoms. The molecule has 0 unspecified atom stereocenters. The SMILES string of the molecule is CC.COc1ccc2[nH]cc(CCN)c2c1. The minimum atomic E-state index is 0.671. The number of aromatic amines is 1. The Morgan fingerprint density at radius 3 is 2.69 bits per heavy atom. The van der Waals surface area contributed by atoms with Gasteiger partial charge in [0, 0.05) is 17.1 Å². The van der Waals surface area contributed by atoms with Gasteiger partial charge in [-0.05, 0) is 36.7 Å². The van der Waals surface area contributed by atoms with E-state index in [0.29, 0.717) is 6.54 Å². The van der Waals surface area contributed by atoms with Crippen LogP contribution >= 0.6 is 0 Å². The Morgan fingerprint density at radius 1 is 1.31 bits per heavy atom. The number of nitrogens with one attached hydrogen (secondary N) is 1. The predicted molar refractivity (Wildman–Crippen MR) is 69.0 cm³/mol. The lowest BCUT2D eigenvalue weighted by atomic mass is 10.1. The summed E-state index contributed by atoms with van der Waals surface area (Å²) in [5, 5.41) is 1.20. The normalized spacial score (nSPS) is 9.75. The molecule has 3 nitrogen and oxygen atoms in total. The van der Waals surface area contributed by atoms with Crippen molar-refractivity contribution in [1.82, 2.24) is 4.98 Å². The van der Waals surface area contributed by atoms with E-state index in [0.717, 1.165) is 17.7 Å². The number of ether oxygens (including phenoxy) is 1. The minimum Gasteiger partial charge on any atom is -0.497 e. The Bertz CT molecular complexity index is 434. The first-order chi connectivity index (χ1) is 7.85. The summed E-state index contributed by atoms with van der Waals surface area (Å²) in [4.78, 5) is 3.21. The second-order valence-electron chi connectivity index (χ2n) is 3.26. The van der Waals surface area contributed by atoms with Gasteiger partial charge < -0.3 is 15.5 Å². The van der Waals surface area contributed by atoms with Gasteiger partial charge in [0.2, 0.25) is 0 Å². The van der Waals surface area contributed by atoms with Crippen LogP contribution in [0.1, 0.15) is 19.4 Å². The highest BCUT2D eigenvalue weighted by Crippen LogP contribution is 2.23. The Hall–Kier alpha value is -1.48. The average Bonchev–Trinajstić information content (AvgIpc) is 2.75. The van der Waals surface area contributed by atoms with Crippen LogP contribution in [0.3, 0.4) is 0 Å². The van der Waals surface area contributed by atoms with Crippen LogP contribution in [-0.4, -0.2) is 18.6 Å². The molecule has 0 aliphatic heterocycles. The van der Waals surface area contributed by atoms with Gasteiger partial charge in [-0.3, -0.25) is 0 Å². The van der Waals surface area contributed by atoms with Gasteiger partial charge in [-0.15, -0.1) is 0 Å². The smallest absolute Gasteiger partial charge is 0.119 e. The molecule has 2 aromatic rings. The minimum absolute atomic E-state index is 0.671. The van der Waals surface area contributed by atoms with Crippen molar-refractivity contribution in [3.63, 3.8) is 0 Å². The van der Waals surface area contributed by atoms with Crippen molar-refractivity contribution in [1.29, 1.82) is 0 Å². The molecule has 0 radical (unpaired) electrons. The Kier molecular flexibility index (Phi) is 4.86. The van der Waals surface area contributed by atoms with Crippen LogP contribution < -0.4 is 10.5 Å². The van der Waals surface area contributed by atoms with Gasteiger partial charge in [-0.2, -0.15) is 0 Å². The first kappa shape index (κ1) is 12.6. The fourth-order valence-electron chi connectivity index (χ4n) is 1.65. The summed E-state index contributed by atoms with van der Waals surface area (Å²) >= 11 is 0. The topological polar surface area (TPSA) is 51.0 Å². The molecule has 0 aliphatic carbocycles. The summed E-state index contributed by atoms with van der Waals surface area (Å²) in [6, 6.07) is 6.01. The highest BCUT2D eigenvalue weighted by Gasteiger charge is 2.03. The molecule has 0 spiro atoms. The third-order valence-electron chi connectivity index (χ3n) is 2.39. The Labute approximate surface area is 96.6 Å². The van der Waals surface area contributed by atoms with E-state index < -0.39 is 0 Å². The number of H-pyrrole nitrogens is 1. The van der Waals surface area contributed by atoms with Crippen LogP contribution in [-0.2, 0) is 6.42 Å². The van der Waals surface area contributed by atoms with Gasteiger partial charge in [0.05, 0.1) is 7.11 Å². The molecule has 3 heteroatoms. The van der Waals surface area contributed by atoms with Crippen molar-refractivity contribution < 1.29 is 4.74 Å². The van der Waals surface area contributed by atoms with Gasteiger partial charge in [-0.25, -0.2) is 0 Å². The third kappa shape index (κ3) is 2.55. The standard InChI is InChI=1S/C11H14N2O.C2H6/c1-14-9-2-3-11-10(6-9)8(4-5-12)7-13-11;1-2/h2-3,6-7,13H,4-5,12H2,1H3;1-2H3. The number of hydrogen-bond acceptors (Lipinski definition) is 2. The van der Waals surface area contributed by atoms with E-state index >= 15 is 0 Å². The number of rotatable bonds is 3. The quantitative estimate of drug-likeness (QED) is 0.835. The molecule has 1 aromatic carbocycles. The molecular formula is C13H20N2O. The maximum atomic E-state index is 5.54. The van der Waals surface area contributed by atoms with E-state index in [1.807, 2.05) is 38.2 Å². The second-order valence-corrected chi connectivity index (χ2v) is 3.26. The highest BCUT2D eigenvalue weighted by molar-refractivity contribution is 5.84. The number of methoxy groups -OCH3 is 1. The lowest BCUT2D eigenvalue weighted by Gasteiger charge is -2.00. The zero-order valence-corrected chi connectivity index (χ0v) is 10.2. The summed E-state index contributed by atoms with van der Waals surface area (Å²) in [6.45, 7) is 4.67. The highest BCUT2D eigenvalue weighted by atomic mass is 16.5. The fourth-order valence-corrected chi connectivity index (χ4v) is 1.65. The van der Waals surface area contributed by atoms with Crippen molar-refractivity contribution in [2.24, 2.45) is 5.73 Å². The molecule has 0 atom stereocenters. The largest absolute Gasteiger partial charge is 0.497 e. The van der Waals surface area contributed by atoms with E-state index in [9.17, 15) is 0 Å². The average molecular weight is 220 g/mol. The first-order valence-corrected chi connectivity index (χ1v) is 5.69. The number of aromatic nitrogens is 1. The van der Waals surface area contributed by atoms with Crippen LogP contribution in [0.4, 0.5) is 0 Å². The summed E-state index contributed by atoms with van der Waals surface area (Å²) in [6.07, 6.45) is 2.91. The Morgan fingerprint density at radius 2 is 2.06 bits per heavy atom. The molecule has 1 aromatic heterocycles. The molecule has 0 aliphatic rings. The van der Waals surface area contributed by atoms with Crippen molar-refractivity contribution in [2.45, 2.75) is 20.3 Å². The van der Waals surface area contributed by atoms with Crippen molar-refractivity contribution in [2.75, 3.05) is 13.7 Å². The monoisotopic (exact) mass is 220 g/mol. The van der Waals surface area contributed by atoms with Gasteiger partial charge in [-0.1, -0.05) is 13.8 Å². The summed E-state index contributed by atoms with van der Waals surface area (Å²) < 4.78 is 5.18. The van der Waals surface area contributed by atoms with E-state index in [-0.39, 0.29) is 0 Å². The summed E-state index contributed by atoms with van der Waals surface area (Å²) in [5.41, 5.74) is 7.92. The molecule has 88 valence electrons. The van der Waals surface area contributed by atoms with Crippen molar-refractivity contribution in [3.05, 3.63) is 30.0 Å². The molecule has 0 fully saturated rings. The van der Waals surface area contributed by atoms with E-state index in [4.69, 9.17) is 10.5 Å². The lowest BCUT2D eigenvalue weighted by molar-refractivity contribution is 0.415. The van der Waals surface area contributed by atoms with Gasteiger partial charge in [0.1, 0.15) is 5.75 Å². The van der Waals surface area contributed by atoms with E-state index in [1.54, 1.807) is 7.11 Å². The van der Waals surface area contributed by atoms with Crippen LogP contribution in [0, 0.1) is 0 Å². The molecular weight excluding hydrogens is 200 g/mol. The third-order valence-corrected chi connectivity index (χ3v) is 2.39. The molecule has 1 heterocycles. The maximum Gasteiger partial charge on any atom is 0.119 e. The summed E-state index contributed by atoms with van der Waals surface area (Å²) in [7, 11) is 1.68. The number of nitrogens with two attached hydrogens (primary N) is 1. The lowest BCUT2D eigenvalue weighted by Crippen LogP contribution is -2.01. The van der Waals surface area contributed by atoms with Crippen molar-refractivity contribution >= 4 is 10.9 Å². The van der Waals surface area contributed by atoms with Gasteiger partial charge >= 0.3 is 0 Å². The van der Waals surface area contributed by atoms with E-state index in [1.165, 1.54) is 10.9 Å². The maximum absolute atomic E-state index is 5.54. The van der Waals surface area contributed by atoms with Crippen LogP contribution in [0.5, 0.6) is 5.75 Å². The number of benzene rings is 1. The Balaban J connectivity index is 0.000000606. The zero-order chi connectivity index (χ0) is 12.0. The summed E-state index contributed by atoms with van der Waals surface area (Å²) in [5.74, 6) is 0.885. The molecule has 0 amide bonds. The zero-order valence-electron chi connectivity index (χ0n) is 10.2. The molecule has 0 saturated carbocycles. The van der Waals surface area contributed by atoms with Gasteiger partial charge in [0.25, 0.3) is 0 Å². The number of hydrogen-bond donors (Lipinski definition) is 2. The number of fused-ring (bicyclic) bond motifs is 1. The predicted octanol–water partition coefficient (Wildman–Crippen LogP) is 2.70. The van der Waals surface area contributed by atoms with Crippen LogP contribution in [0.15, 0.2) is 24.4 Å². The fraction of sp³-hybridized carbons (Fsp3) is 0.385. The first-order valence-electron chi connectivity index (χ1n) is 5.69. The van der Waals surface area contributed by atoms with Gasteiger partial charge in [0.15, 0.2) is 0 Å². The molecule has 0 saturated heterocycles. The second kappa shape index (κ2) is 6.18. The molecule has 2 rings (SSSR count). The van der Waals surface area contributed by atoms with E-state index in [2.05, 4.69) is 4.98 Å². The van der Waals surface area contributed by atoms with Crippen LogP contribution in [0.25, 0.3) is 10.9 Å². The van der Waals surface area contributed by atoms with Crippen LogP contribution in [0.2, 0.25) is 0 Å². The molecule has 16 heavy (non-hydrogen) atoms.